The number of ketones is 1. The molecule has 1 aromatic carbocycles. The van der Waals surface area contributed by atoms with Crippen molar-refractivity contribution in [3.05, 3.63) is 29.3 Å². The lowest BCUT2D eigenvalue weighted by Gasteiger charge is -2.10. The van der Waals surface area contributed by atoms with Gasteiger partial charge in [0.15, 0.2) is 15.6 Å². The Labute approximate surface area is 113 Å². The number of Topliss-reactive ketones (excluding diaryl/α,β-unsaturated/α-hetero) is 1. The molecule has 1 atom stereocenters. The average molecular weight is 282 g/mol. The van der Waals surface area contributed by atoms with E-state index < -0.39 is 15.6 Å². The van der Waals surface area contributed by atoms with Crippen molar-refractivity contribution in [2.24, 2.45) is 5.92 Å². The van der Waals surface area contributed by atoms with Crippen molar-refractivity contribution < 1.29 is 17.9 Å². The Morgan fingerprint density at radius 2 is 2.11 bits per heavy atom. The zero-order chi connectivity index (χ0) is 14.0. The molecule has 0 aromatic heterocycles. The van der Waals surface area contributed by atoms with Crippen LogP contribution in [0.5, 0.6) is 0 Å². The lowest BCUT2D eigenvalue weighted by molar-refractivity contribution is -0.120. The van der Waals surface area contributed by atoms with Gasteiger partial charge in [0, 0.05) is 12.5 Å². The van der Waals surface area contributed by atoms with E-state index in [0.29, 0.717) is 25.2 Å². The number of rotatable bonds is 4. The molecular formula is C14H18O4S. The summed E-state index contributed by atoms with van der Waals surface area (Å²) in [6.07, 6.45) is 0.626. The van der Waals surface area contributed by atoms with Crippen molar-refractivity contribution in [3.63, 3.8) is 0 Å². The zero-order valence-corrected chi connectivity index (χ0v) is 12.0. The van der Waals surface area contributed by atoms with Crippen LogP contribution in [0.15, 0.2) is 23.1 Å². The number of carbonyl (C=O) groups is 1. The van der Waals surface area contributed by atoms with Gasteiger partial charge in [-0.15, -0.1) is 0 Å². The van der Waals surface area contributed by atoms with E-state index in [9.17, 15) is 13.2 Å². The number of aryl methyl sites for hydroxylation is 2. The van der Waals surface area contributed by atoms with Gasteiger partial charge in [0.1, 0.15) is 5.75 Å². The topological polar surface area (TPSA) is 60.4 Å². The predicted molar refractivity (Wildman–Crippen MR) is 71.9 cm³/mol. The van der Waals surface area contributed by atoms with E-state index in [1.165, 1.54) is 0 Å². The molecule has 2 rings (SSSR count). The highest BCUT2D eigenvalue weighted by Crippen LogP contribution is 2.21. The second-order valence-electron chi connectivity index (χ2n) is 5.05. The molecular weight excluding hydrogens is 264 g/mol. The van der Waals surface area contributed by atoms with E-state index in [1.54, 1.807) is 19.1 Å². The molecule has 1 saturated heterocycles. The van der Waals surface area contributed by atoms with Gasteiger partial charge in [0.25, 0.3) is 0 Å². The first-order valence-corrected chi connectivity index (χ1v) is 7.96. The summed E-state index contributed by atoms with van der Waals surface area (Å²) in [6, 6.07) is 5.15. The van der Waals surface area contributed by atoms with Crippen LogP contribution >= 0.6 is 0 Å². The van der Waals surface area contributed by atoms with Crippen LogP contribution in [0.3, 0.4) is 0 Å². The SMILES string of the molecule is Cc1ccc(S(=O)(=O)CC(=O)C2CCOC2)c(C)c1. The second kappa shape index (κ2) is 5.43. The van der Waals surface area contributed by atoms with Crippen LogP contribution in [-0.4, -0.2) is 33.2 Å². The molecule has 1 aliphatic rings. The van der Waals surface area contributed by atoms with Gasteiger partial charge in [-0.2, -0.15) is 0 Å². The zero-order valence-electron chi connectivity index (χ0n) is 11.2. The van der Waals surface area contributed by atoms with Crippen molar-refractivity contribution in [1.29, 1.82) is 0 Å². The van der Waals surface area contributed by atoms with Crippen LogP contribution in [0.1, 0.15) is 17.5 Å². The fourth-order valence-corrected chi connectivity index (χ4v) is 3.91. The third-order valence-electron chi connectivity index (χ3n) is 3.38. The molecule has 0 amide bonds. The molecule has 1 heterocycles. The van der Waals surface area contributed by atoms with Crippen LogP contribution in [0.25, 0.3) is 0 Å². The molecule has 0 saturated carbocycles. The maximum absolute atomic E-state index is 12.3. The maximum atomic E-state index is 12.3. The van der Waals surface area contributed by atoms with Crippen LogP contribution < -0.4 is 0 Å². The summed E-state index contributed by atoms with van der Waals surface area (Å²) in [7, 11) is -3.55. The summed E-state index contributed by atoms with van der Waals surface area (Å²) in [6.45, 7) is 4.55. The van der Waals surface area contributed by atoms with E-state index in [-0.39, 0.29) is 16.6 Å². The van der Waals surface area contributed by atoms with Crippen molar-refractivity contribution in [3.8, 4) is 0 Å². The van der Waals surface area contributed by atoms with Crippen LogP contribution in [0, 0.1) is 19.8 Å². The third kappa shape index (κ3) is 3.22. The van der Waals surface area contributed by atoms with Gasteiger partial charge in [-0.25, -0.2) is 8.42 Å². The number of benzene rings is 1. The Bertz CT molecular complexity index is 583. The van der Waals surface area contributed by atoms with E-state index >= 15 is 0 Å². The van der Waals surface area contributed by atoms with E-state index in [0.717, 1.165) is 5.56 Å². The molecule has 1 aromatic rings. The Morgan fingerprint density at radius 3 is 2.68 bits per heavy atom. The summed E-state index contributed by atoms with van der Waals surface area (Å²) >= 11 is 0. The first-order chi connectivity index (χ1) is 8.90. The van der Waals surface area contributed by atoms with Gasteiger partial charge in [-0.05, 0) is 31.9 Å². The lowest BCUT2D eigenvalue weighted by atomic mass is 10.1. The largest absolute Gasteiger partial charge is 0.381 e. The highest BCUT2D eigenvalue weighted by molar-refractivity contribution is 7.92. The van der Waals surface area contributed by atoms with Crippen LogP contribution in [-0.2, 0) is 19.4 Å². The standard InChI is InChI=1S/C14H18O4S/c1-10-3-4-14(11(2)7-10)19(16,17)9-13(15)12-5-6-18-8-12/h3-4,7,12H,5-6,8-9H2,1-2H3. The van der Waals surface area contributed by atoms with Gasteiger partial charge in [0.05, 0.1) is 11.5 Å². The minimum absolute atomic E-state index is 0.238. The Morgan fingerprint density at radius 1 is 1.37 bits per heavy atom. The monoisotopic (exact) mass is 282 g/mol. The maximum Gasteiger partial charge on any atom is 0.185 e. The van der Waals surface area contributed by atoms with E-state index in [2.05, 4.69) is 0 Å². The van der Waals surface area contributed by atoms with Crippen molar-refractivity contribution in [2.45, 2.75) is 25.2 Å². The fourth-order valence-electron chi connectivity index (χ4n) is 2.32. The predicted octanol–water partition coefficient (Wildman–Crippen LogP) is 1.68. The molecule has 1 fully saturated rings. The number of hydrogen-bond donors (Lipinski definition) is 0. The Balaban J connectivity index is 2.20. The van der Waals surface area contributed by atoms with E-state index in [1.807, 2.05) is 13.0 Å². The number of hydrogen-bond acceptors (Lipinski definition) is 4. The molecule has 19 heavy (non-hydrogen) atoms. The molecule has 104 valence electrons. The second-order valence-corrected chi connectivity index (χ2v) is 7.01. The first-order valence-electron chi connectivity index (χ1n) is 6.30. The average Bonchev–Trinajstić information content (AvgIpc) is 2.80. The van der Waals surface area contributed by atoms with Crippen molar-refractivity contribution in [2.75, 3.05) is 19.0 Å². The fraction of sp³-hybridized carbons (Fsp3) is 0.500. The Hall–Kier alpha value is -1.20. The Kier molecular flexibility index (Phi) is 4.06. The molecule has 0 spiro atoms. The lowest BCUT2D eigenvalue weighted by Crippen LogP contribution is -2.24. The van der Waals surface area contributed by atoms with Crippen LogP contribution in [0.2, 0.25) is 0 Å². The quantitative estimate of drug-likeness (QED) is 0.843. The summed E-state index contributed by atoms with van der Waals surface area (Å²) in [5, 5.41) is 0. The summed E-state index contributed by atoms with van der Waals surface area (Å²) in [5.74, 6) is -0.928. The number of ether oxygens (including phenoxy) is 1. The highest BCUT2D eigenvalue weighted by Gasteiger charge is 2.29. The first kappa shape index (κ1) is 14.2. The van der Waals surface area contributed by atoms with Gasteiger partial charge in [-0.1, -0.05) is 17.7 Å². The minimum atomic E-state index is -3.55. The minimum Gasteiger partial charge on any atom is -0.381 e. The molecule has 1 aliphatic heterocycles. The number of sulfone groups is 1. The normalized spacial score (nSPS) is 19.6. The van der Waals surface area contributed by atoms with Crippen molar-refractivity contribution in [1.82, 2.24) is 0 Å². The summed E-state index contributed by atoms with van der Waals surface area (Å²) < 4.78 is 29.7. The molecule has 0 bridgehead atoms. The number of carbonyl (C=O) groups excluding carboxylic acids is 1. The van der Waals surface area contributed by atoms with Gasteiger partial charge < -0.3 is 4.74 Å². The van der Waals surface area contributed by atoms with Gasteiger partial charge >= 0.3 is 0 Å². The van der Waals surface area contributed by atoms with Crippen molar-refractivity contribution >= 4 is 15.6 Å². The molecule has 5 heteroatoms. The highest BCUT2D eigenvalue weighted by atomic mass is 32.2. The van der Waals surface area contributed by atoms with Gasteiger partial charge in [-0.3, -0.25) is 4.79 Å². The van der Waals surface area contributed by atoms with Gasteiger partial charge in [0.2, 0.25) is 0 Å². The molecule has 0 aliphatic carbocycles. The smallest absolute Gasteiger partial charge is 0.185 e. The van der Waals surface area contributed by atoms with Crippen LogP contribution in [0.4, 0.5) is 0 Å². The third-order valence-corrected chi connectivity index (χ3v) is 5.18. The summed E-state index contributed by atoms with van der Waals surface area (Å²) in [5.41, 5.74) is 1.70. The molecule has 1 unspecified atom stereocenters. The molecule has 0 radical (unpaired) electrons. The molecule has 0 N–H and O–H groups in total. The van der Waals surface area contributed by atoms with E-state index in [4.69, 9.17) is 4.74 Å². The molecule has 4 nitrogen and oxygen atoms in total. The summed E-state index contributed by atoms with van der Waals surface area (Å²) in [4.78, 5) is 12.2.